The minimum Gasteiger partial charge on any atom is -0.308 e. The van der Waals surface area contributed by atoms with Gasteiger partial charge in [0.05, 0.1) is 28.5 Å². The average Bonchev–Trinajstić information content (AvgIpc) is 2.81. The zero-order valence-corrected chi connectivity index (χ0v) is 12.3. The molecule has 0 aliphatic rings. The molecule has 0 aliphatic carbocycles. The standard InChI is InChI=1S/C14H15ClF3N3/c1-3-21-13(11(15)8-20-21)12(19-2)9-5-4-6-10(7-9)14(16,17)18/h4-8,12,19H,3H2,1-2H3. The van der Waals surface area contributed by atoms with Crippen LogP contribution in [-0.4, -0.2) is 16.8 Å². The molecular formula is C14H15ClF3N3. The van der Waals surface area contributed by atoms with Crippen molar-refractivity contribution in [3.63, 3.8) is 0 Å². The second kappa shape index (κ2) is 6.07. The molecule has 2 aromatic rings. The van der Waals surface area contributed by atoms with E-state index in [1.54, 1.807) is 17.8 Å². The Morgan fingerprint density at radius 3 is 2.67 bits per heavy atom. The number of hydrogen-bond donors (Lipinski definition) is 1. The van der Waals surface area contributed by atoms with E-state index in [1.165, 1.54) is 12.3 Å². The Labute approximate surface area is 125 Å². The molecule has 1 N–H and O–H groups in total. The third-order valence-electron chi connectivity index (χ3n) is 3.24. The van der Waals surface area contributed by atoms with E-state index in [9.17, 15) is 13.2 Å². The molecule has 1 heterocycles. The maximum atomic E-state index is 12.8. The van der Waals surface area contributed by atoms with Crippen molar-refractivity contribution in [2.45, 2.75) is 25.7 Å². The molecule has 7 heteroatoms. The Bertz CT molecular complexity index is 622. The third-order valence-corrected chi connectivity index (χ3v) is 3.53. The number of alkyl halides is 3. The van der Waals surface area contributed by atoms with E-state index in [-0.39, 0.29) is 0 Å². The number of hydrogen-bond acceptors (Lipinski definition) is 2. The molecule has 2 rings (SSSR count). The molecule has 1 aromatic heterocycles. The summed E-state index contributed by atoms with van der Waals surface area (Å²) >= 11 is 6.13. The fraction of sp³-hybridized carbons (Fsp3) is 0.357. The van der Waals surface area contributed by atoms with Crippen LogP contribution in [-0.2, 0) is 12.7 Å². The lowest BCUT2D eigenvalue weighted by Crippen LogP contribution is -2.22. The van der Waals surface area contributed by atoms with E-state index in [0.29, 0.717) is 22.8 Å². The second-order valence-corrected chi connectivity index (χ2v) is 4.95. The zero-order chi connectivity index (χ0) is 15.6. The molecule has 21 heavy (non-hydrogen) atoms. The molecule has 0 saturated heterocycles. The highest BCUT2D eigenvalue weighted by Crippen LogP contribution is 2.33. The highest BCUT2D eigenvalue weighted by Gasteiger charge is 2.31. The fourth-order valence-corrected chi connectivity index (χ4v) is 2.52. The Hall–Kier alpha value is -1.53. The van der Waals surface area contributed by atoms with Crippen LogP contribution in [0.2, 0.25) is 5.02 Å². The number of aryl methyl sites for hydroxylation is 1. The molecule has 0 radical (unpaired) electrons. The molecule has 0 amide bonds. The summed E-state index contributed by atoms with van der Waals surface area (Å²) in [4.78, 5) is 0. The average molecular weight is 318 g/mol. The number of nitrogens with zero attached hydrogens (tertiary/aromatic N) is 2. The Morgan fingerprint density at radius 1 is 1.38 bits per heavy atom. The molecule has 3 nitrogen and oxygen atoms in total. The minimum absolute atomic E-state index is 0.425. The summed E-state index contributed by atoms with van der Waals surface area (Å²) in [7, 11) is 1.67. The van der Waals surface area contributed by atoms with Gasteiger partial charge in [-0.05, 0) is 31.7 Å². The van der Waals surface area contributed by atoms with Crippen LogP contribution in [0.4, 0.5) is 13.2 Å². The summed E-state index contributed by atoms with van der Waals surface area (Å²) in [6, 6.07) is 4.75. The van der Waals surface area contributed by atoms with Crippen LogP contribution in [0, 0.1) is 0 Å². The Kier molecular flexibility index (Phi) is 4.58. The Balaban J connectivity index is 2.49. The van der Waals surface area contributed by atoms with Gasteiger partial charge < -0.3 is 5.32 Å². The quantitative estimate of drug-likeness (QED) is 0.927. The van der Waals surface area contributed by atoms with Gasteiger partial charge in [-0.2, -0.15) is 18.3 Å². The smallest absolute Gasteiger partial charge is 0.308 e. The van der Waals surface area contributed by atoms with Crippen molar-refractivity contribution in [1.29, 1.82) is 0 Å². The van der Waals surface area contributed by atoms with Crippen molar-refractivity contribution < 1.29 is 13.2 Å². The molecule has 0 saturated carbocycles. The number of rotatable bonds is 4. The first-order valence-corrected chi connectivity index (χ1v) is 6.82. The van der Waals surface area contributed by atoms with Gasteiger partial charge in [0.2, 0.25) is 0 Å². The van der Waals surface area contributed by atoms with E-state index < -0.39 is 17.8 Å². The van der Waals surface area contributed by atoms with Gasteiger partial charge in [0.25, 0.3) is 0 Å². The van der Waals surface area contributed by atoms with Gasteiger partial charge in [-0.15, -0.1) is 0 Å². The van der Waals surface area contributed by atoms with Gasteiger partial charge in [-0.1, -0.05) is 23.7 Å². The maximum absolute atomic E-state index is 12.8. The highest BCUT2D eigenvalue weighted by molar-refractivity contribution is 6.31. The van der Waals surface area contributed by atoms with Crippen molar-refractivity contribution in [3.05, 3.63) is 52.3 Å². The van der Waals surface area contributed by atoms with Gasteiger partial charge in [-0.3, -0.25) is 4.68 Å². The normalized spacial score (nSPS) is 13.4. The summed E-state index contributed by atoms with van der Waals surface area (Å²) in [5.41, 5.74) is 0.462. The SMILES string of the molecule is CCn1ncc(Cl)c1C(NC)c1cccc(C(F)(F)F)c1. The van der Waals surface area contributed by atoms with Crippen molar-refractivity contribution in [1.82, 2.24) is 15.1 Å². The molecule has 0 fully saturated rings. The first kappa shape index (κ1) is 15.9. The van der Waals surface area contributed by atoms with Gasteiger partial charge in [0.15, 0.2) is 0 Å². The van der Waals surface area contributed by atoms with Crippen LogP contribution in [0.15, 0.2) is 30.5 Å². The van der Waals surface area contributed by atoms with E-state index in [1.807, 2.05) is 6.92 Å². The van der Waals surface area contributed by atoms with E-state index in [2.05, 4.69) is 10.4 Å². The van der Waals surface area contributed by atoms with Gasteiger partial charge in [0.1, 0.15) is 0 Å². The molecular weight excluding hydrogens is 303 g/mol. The predicted octanol–water partition coefficient (Wildman–Crippen LogP) is 3.88. The van der Waals surface area contributed by atoms with E-state index in [4.69, 9.17) is 11.6 Å². The molecule has 1 unspecified atom stereocenters. The lowest BCUT2D eigenvalue weighted by atomic mass is 10.0. The molecule has 0 bridgehead atoms. The monoisotopic (exact) mass is 317 g/mol. The fourth-order valence-electron chi connectivity index (χ4n) is 2.27. The maximum Gasteiger partial charge on any atom is 0.416 e. The molecule has 114 valence electrons. The number of nitrogens with one attached hydrogen (secondary N) is 1. The topological polar surface area (TPSA) is 29.9 Å². The van der Waals surface area contributed by atoms with Crippen molar-refractivity contribution in [2.24, 2.45) is 0 Å². The van der Waals surface area contributed by atoms with Gasteiger partial charge >= 0.3 is 6.18 Å². The van der Waals surface area contributed by atoms with Gasteiger partial charge in [0, 0.05) is 6.54 Å². The summed E-state index contributed by atoms with van der Waals surface area (Å²) in [5.74, 6) is 0. The number of halogens is 4. The van der Waals surface area contributed by atoms with E-state index >= 15 is 0 Å². The molecule has 0 aliphatic heterocycles. The largest absolute Gasteiger partial charge is 0.416 e. The third kappa shape index (κ3) is 3.22. The van der Waals surface area contributed by atoms with Crippen molar-refractivity contribution >= 4 is 11.6 Å². The highest BCUT2D eigenvalue weighted by atomic mass is 35.5. The Morgan fingerprint density at radius 2 is 2.10 bits per heavy atom. The molecule has 0 spiro atoms. The minimum atomic E-state index is -4.37. The van der Waals surface area contributed by atoms with Crippen LogP contribution < -0.4 is 5.32 Å². The summed E-state index contributed by atoms with van der Waals surface area (Å²) in [6.07, 6.45) is -2.87. The van der Waals surface area contributed by atoms with E-state index in [0.717, 1.165) is 12.1 Å². The second-order valence-electron chi connectivity index (χ2n) is 4.54. The van der Waals surface area contributed by atoms with Crippen LogP contribution in [0.5, 0.6) is 0 Å². The first-order chi connectivity index (χ1) is 9.88. The van der Waals surface area contributed by atoms with Crippen LogP contribution in [0.3, 0.4) is 0 Å². The molecule has 1 atom stereocenters. The summed E-state index contributed by atoms with van der Waals surface area (Å²) in [5, 5.41) is 7.55. The molecule has 1 aromatic carbocycles. The summed E-state index contributed by atoms with van der Waals surface area (Å²) < 4.78 is 40.2. The number of benzene rings is 1. The lowest BCUT2D eigenvalue weighted by Gasteiger charge is -2.20. The van der Waals surface area contributed by atoms with Crippen molar-refractivity contribution in [2.75, 3.05) is 7.05 Å². The first-order valence-electron chi connectivity index (χ1n) is 6.44. The zero-order valence-electron chi connectivity index (χ0n) is 11.6. The summed E-state index contributed by atoms with van der Waals surface area (Å²) in [6.45, 7) is 2.48. The van der Waals surface area contributed by atoms with Crippen LogP contribution in [0.25, 0.3) is 0 Å². The van der Waals surface area contributed by atoms with Crippen LogP contribution >= 0.6 is 11.6 Å². The van der Waals surface area contributed by atoms with Gasteiger partial charge in [-0.25, -0.2) is 0 Å². The van der Waals surface area contributed by atoms with Crippen LogP contribution in [0.1, 0.15) is 29.8 Å². The number of aromatic nitrogens is 2. The predicted molar refractivity (Wildman–Crippen MR) is 75.3 cm³/mol. The lowest BCUT2D eigenvalue weighted by molar-refractivity contribution is -0.137. The van der Waals surface area contributed by atoms with Crippen molar-refractivity contribution in [3.8, 4) is 0 Å².